The molecule has 1 amide bonds. The standard InChI is InChI=1S/C7H8BNO2/c8-6-2-1-4(10)3-5(6)7(9)11/h1-2,5,10H,3H2,(H2,9,11). The fourth-order valence-electron chi connectivity index (χ4n) is 0.968. The molecule has 1 aliphatic carbocycles. The first-order valence-corrected chi connectivity index (χ1v) is 3.25. The van der Waals surface area contributed by atoms with Crippen molar-refractivity contribution >= 4 is 13.8 Å². The Morgan fingerprint density at radius 3 is 2.82 bits per heavy atom. The van der Waals surface area contributed by atoms with E-state index in [1.807, 2.05) is 0 Å². The van der Waals surface area contributed by atoms with Gasteiger partial charge in [0.1, 0.15) is 7.85 Å². The van der Waals surface area contributed by atoms with Crippen LogP contribution in [0.25, 0.3) is 0 Å². The monoisotopic (exact) mass is 149 g/mol. The van der Waals surface area contributed by atoms with Crippen molar-refractivity contribution in [2.24, 2.45) is 11.7 Å². The number of aliphatic hydroxyl groups excluding tert-OH is 1. The van der Waals surface area contributed by atoms with Crippen molar-refractivity contribution in [3.05, 3.63) is 23.4 Å². The van der Waals surface area contributed by atoms with Gasteiger partial charge in [0.15, 0.2) is 0 Å². The Bertz CT molecular complexity index is 245. The van der Waals surface area contributed by atoms with E-state index in [-0.39, 0.29) is 12.2 Å². The number of allylic oxidation sites excluding steroid dienone is 3. The Morgan fingerprint density at radius 2 is 2.36 bits per heavy atom. The average Bonchev–Trinajstić information content (AvgIpc) is 1.94. The van der Waals surface area contributed by atoms with Crippen molar-refractivity contribution in [1.29, 1.82) is 0 Å². The summed E-state index contributed by atoms with van der Waals surface area (Å²) in [4.78, 5) is 10.7. The normalized spacial score (nSPS) is 23.8. The first-order chi connectivity index (χ1) is 5.11. The molecule has 1 atom stereocenters. The SMILES string of the molecule is [B]C1=CC=C(O)CC1C(N)=O. The van der Waals surface area contributed by atoms with Gasteiger partial charge in [-0.2, -0.15) is 0 Å². The van der Waals surface area contributed by atoms with Crippen LogP contribution in [0.2, 0.25) is 0 Å². The van der Waals surface area contributed by atoms with Crippen LogP contribution in [0.4, 0.5) is 0 Å². The van der Waals surface area contributed by atoms with Crippen molar-refractivity contribution in [1.82, 2.24) is 0 Å². The molecule has 2 radical (unpaired) electrons. The largest absolute Gasteiger partial charge is 0.512 e. The van der Waals surface area contributed by atoms with E-state index in [4.69, 9.17) is 18.7 Å². The molecule has 3 nitrogen and oxygen atoms in total. The zero-order valence-corrected chi connectivity index (χ0v) is 5.95. The van der Waals surface area contributed by atoms with Crippen LogP contribution in [-0.2, 0) is 4.79 Å². The van der Waals surface area contributed by atoms with Crippen LogP contribution in [0.3, 0.4) is 0 Å². The molecule has 0 fully saturated rings. The van der Waals surface area contributed by atoms with Crippen LogP contribution < -0.4 is 5.73 Å². The van der Waals surface area contributed by atoms with Gasteiger partial charge in [0.25, 0.3) is 0 Å². The summed E-state index contributed by atoms with van der Waals surface area (Å²) in [5.74, 6) is -0.901. The quantitative estimate of drug-likeness (QED) is 0.514. The van der Waals surface area contributed by atoms with Crippen molar-refractivity contribution in [2.45, 2.75) is 6.42 Å². The molecule has 0 aromatic heterocycles. The van der Waals surface area contributed by atoms with Crippen LogP contribution in [0.15, 0.2) is 23.4 Å². The maximum atomic E-state index is 10.7. The van der Waals surface area contributed by atoms with E-state index < -0.39 is 11.8 Å². The Labute approximate surface area is 66.0 Å². The molecule has 1 aliphatic rings. The number of hydrogen-bond donors (Lipinski definition) is 2. The lowest BCUT2D eigenvalue weighted by atomic mass is 9.78. The fraction of sp³-hybridized carbons (Fsp3) is 0.286. The number of amides is 1. The summed E-state index contributed by atoms with van der Waals surface area (Å²) < 4.78 is 0. The first kappa shape index (κ1) is 7.92. The maximum Gasteiger partial charge on any atom is 0.224 e. The molecule has 0 aromatic rings. The number of primary amides is 1. The van der Waals surface area contributed by atoms with Gasteiger partial charge in [-0.25, -0.2) is 0 Å². The lowest BCUT2D eigenvalue weighted by Crippen LogP contribution is -2.26. The molecule has 56 valence electrons. The topological polar surface area (TPSA) is 63.3 Å². The van der Waals surface area contributed by atoms with Gasteiger partial charge in [-0.1, -0.05) is 6.08 Å². The molecule has 4 heteroatoms. The molecule has 0 saturated heterocycles. The van der Waals surface area contributed by atoms with Crippen molar-refractivity contribution in [3.8, 4) is 0 Å². The lowest BCUT2D eigenvalue weighted by Gasteiger charge is -2.16. The molecule has 1 unspecified atom stereocenters. The van der Waals surface area contributed by atoms with Gasteiger partial charge in [0.05, 0.1) is 11.7 Å². The summed E-state index contributed by atoms with van der Waals surface area (Å²) in [5, 5.41) is 9.00. The van der Waals surface area contributed by atoms with E-state index in [2.05, 4.69) is 0 Å². The zero-order chi connectivity index (χ0) is 8.43. The predicted molar refractivity (Wildman–Crippen MR) is 41.9 cm³/mol. The van der Waals surface area contributed by atoms with E-state index in [9.17, 15) is 4.79 Å². The van der Waals surface area contributed by atoms with E-state index in [0.717, 1.165) is 0 Å². The summed E-state index contributed by atoms with van der Waals surface area (Å²) in [5.41, 5.74) is 5.43. The van der Waals surface area contributed by atoms with Crippen LogP contribution >= 0.6 is 0 Å². The van der Waals surface area contributed by atoms with Crippen LogP contribution in [0.5, 0.6) is 0 Å². The van der Waals surface area contributed by atoms with Crippen molar-refractivity contribution < 1.29 is 9.90 Å². The Balaban J connectivity index is 2.81. The van der Waals surface area contributed by atoms with Gasteiger partial charge in [-0.15, -0.1) is 5.47 Å². The molecule has 0 aliphatic heterocycles. The molecule has 0 spiro atoms. The minimum Gasteiger partial charge on any atom is -0.512 e. The predicted octanol–water partition coefficient (Wildman–Crippen LogP) is -0.0141. The third-order valence-electron chi connectivity index (χ3n) is 1.63. The second kappa shape index (κ2) is 2.82. The third-order valence-corrected chi connectivity index (χ3v) is 1.63. The van der Waals surface area contributed by atoms with Gasteiger partial charge in [0.2, 0.25) is 5.91 Å². The molecule has 0 saturated carbocycles. The summed E-state index contributed by atoms with van der Waals surface area (Å²) in [6.45, 7) is 0. The van der Waals surface area contributed by atoms with E-state index >= 15 is 0 Å². The second-order valence-electron chi connectivity index (χ2n) is 2.48. The highest BCUT2D eigenvalue weighted by atomic mass is 16.3. The van der Waals surface area contributed by atoms with E-state index in [1.165, 1.54) is 12.2 Å². The molecular weight excluding hydrogens is 141 g/mol. The molecule has 0 bridgehead atoms. The van der Waals surface area contributed by atoms with Gasteiger partial charge in [-0.3, -0.25) is 4.79 Å². The highest BCUT2D eigenvalue weighted by Crippen LogP contribution is 2.20. The number of nitrogens with two attached hydrogens (primary N) is 1. The highest BCUT2D eigenvalue weighted by Gasteiger charge is 2.20. The Hall–Kier alpha value is -1.19. The third kappa shape index (κ3) is 1.64. The van der Waals surface area contributed by atoms with E-state index in [1.54, 1.807) is 0 Å². The Morgan fingerprint density at radius 1 is 1.73 bits per heavy atom. The summed E-state index contributed by atoms with van der Waals surface area (Å²) >= 11 is 0. The number of aliphatic hydroxyl groups is 1. The number of rotatable bonds is 1. The van der Waals surface area contributed by atoms with Crippen molar-refractivity contribution in [2.75, 3.05) is 0 Å². The number of carbonyl (C=O) groups is 1. The summed E-state index contributed by atoms with van der Waals surface area (Å²) in [7, 11) is 5.45. The van der Waals surface area contributed by atoms with Crippen LogP contribution in [0.1, 0.15) is 6.42 Å². The molecule has 0 heterocycles. The minimum absolute atomic E-state index is 0.142. The van der Waals surface area contributed by atoms with Gasteiger partial charge in [-0.05, 0) is 6.08 Å². The van der Waals surface area contributed by atoms with Crippen LogP contribution in [0, 0.1) is 5.92 Å². The molecular formula is C7H8BNO2. The summed E-state index contributed by atoms with van der Waals surface area (Å²) in [6.07, 6.45) is 3.18. The van der Waals surface area contributed by atoms with Gasteiger partial charge in [0, 0.05) is 6.42 Å². The Kier molecular flexibility index (Phi) is 2.03. The van der Waals surface area contributed by atoms with Gasteiger partial charge < -0.3 is 10.8 Å². The smallest absolute Gasteiger partial charge is 0.224 e. The number of carbonyl (C=O) groups excluding carboxylic acids is 1. The zero-order valence-electron chi connectivity index (χ0n) is 5.95. The minimum atomic E-state index is -0.542. The van der Waals surface area contributed by atoms with Crippen LogP contribution in [-0.4, -0.2) is 18.9 Å². The molecule has 0 aromatic carbocycles. The molecule has 3 N–H and O–H groups in total. The second-order valence-corrected chi connectivity index (χ2v) is 2.48. The number of hydrogen-bond acceptors (Lipinski definition) is 2. The van der Waals surface area contributed by atoms with Gasteiger partial charge >= 0.3 is 0 Å². The van der Waals surface area contributed by atoms with E-state index in [0.29, 0.717) is 5.47 Å². The molecule has 11 heavy (non-hydrogen) atoms. The maximum absolute atomic E-state index is 10.7. The highest BCUT2D eigenvalue weighted by molar-refractivity contribution is 6.24. The lowest BCUT2D eigenvalue weighted by molar-refractivity contribution is -0.120. The fourth-order valence-corrected chi connectivity index (χ4v) is 0.968. The molecule has 1 rings (SSSR count). The average molecular weight is 149 g/mol. The summed E-state index contributed by atoms with van der Waals surface area (Å²) in [6, 6.07) is 0. The van der Waals surface area contributed by atoms with Crippen molar-refractivity contribution in [3.63, 3.8) is 0 Å². The first-order valence-electron chi connectivity index (χ1n) is 3.25.